The highest BCUT2D eigenvalue weighted by atomic mass is 35.5. The smallest absolute Gasteiger partial charge is 0.290 e. The predicted octanol–water partition coefficient (Wildman–Crippen LogP) is 7.33. The van der Waals surface area contributed by atoms with E-state index in [4.69, 9.17) is 34.8 Å². The Kier molecular flexibility index (Phi) is 7.47. The third-order valence-corrected chi connectivity index (χ3v) is 6.43. The first-order valence-corrected chi connectivity index (χ1v) is 11.0. The number of pyridine rings is 1. The lowest BCUT2D eigenvalue weighted by molar-refractivity contribution is -0.00310. The number of benzene rings is 2. The molecule has 1 aromatic heterocycles. The third kappa shape index (κ3) is 5.89. The lowest BCUT2D eigenvalue weighted by Crippen LogP contribution is -2.35. The average molecular weight is 502 g/mol. The van der Waals surface area contributed by atoms with E-state index in [1.807, 2.05) is 6.92 Å². The maximum atomic E-state index is 14.7. The van der Waals surface area contributed by atoms with E-state index in [1.54, 1.807) is 37.3 Å². The van der Waals surface area contributed by atoms with Crippen LogP contribution in [0.5, 0.6) is 0 Å². The van der Waals surface area contributed by atoms with E-state index in [9.17, 15) is 13.6 Å². The molecule has 0 aliphatic carbocycles. The first-order valence-electron chi connectivity index (χ1n) is 9.09. The Hall–Kier alpha value is -1.86. The molecular weight excluding hydrogens is 485 g/mol. The summed E-state index contributed by atoms with van der Waals surface area (Å²) in [4.78, 5) is 17.9. The van der Waals surface area contributed by atoms with E-state index in [2.05, 4.69) is 10.3 Å². The zero-order valence-electron chi connectivity index (χ0n) is 16.5. The van der Waals surface area contributed by atoms with Gasteiger partial charge in [0.25, 0.3) is 11.8 Å². The van der Waals surface area contributed by atoms with Crippen LogP contribution in [-0.2, 0) is 5.92 Å². The fraction of sp³-hybridized carbons (Fsp3) is 0.182. The minimum atomic E-state index is -3.23. The number of carbonyl (C=O) groups is 1. The molecule has 0 saturated carbocycles. The van der Waals surface area contributed by atoms with E-state index < -0.39 is 18.4 Å². The molecule has 3 rings (SSSR count). The van der Waals surface area contributed by atoms with Gasteiger partial charge in [-0.2, -0.15) is 8.78 Å². The van der Waals surface area contributed by atoms with Crippen LogP contribution < -0.4 is 5.32 Å². The van der Waals surface area contributed by atoms with Crippen molar-refractivity contribution in [2.75, 3.05) is 6.54 Å². The van der Waals surface area contributed by atoms with E-state index in [0.717, 1.165) is 5.56 Å². The molecule has 9 heteroatoms. The average Bonchev–Trinajstić information content (AvgIpc) is 2.70. The Morgan fingerprint density at radius 2 is 1.81 bits per heavy atom. The van der Waals surface area contributed by atoms with Gasteiger partial charge < -0.3 is 5.32 Å². The van der Waals surface area contributed by atoms with Crippen molar-refractivity contribution in [1.82, 2.24) is 10.3 Å². The Labute approximate surface area is 198 Å². The summed E-state index contributed by atoms with van der Waals surface area (Å²) < 4.78 is 29.5. The molecule has 0 bridgehead atoms. The minimum Gasteiger partial charge on any atom is -0.346 e. The summed E-state index contributed by atoms with van der Waals surface area (Å²) in [6, 6.07) is 11.0. The SMILES string of the molecule is Cc1ccc(C(F)(F)CNC(=O)c2cc(Cl)ncc2Sc2ccc(Cl)c(Cl)c2)c(C)c1. The Balaban J connectivity index is 1.81. The van der Waals surface area contributed by atoms with Gasteiger partial charge in [-0.25, -0.2) is 4.98 Å². The number of amides is 1. The van der Waals surface area contributed by atoms with Crippen LogP contribution in [0.3, 0.4) is 0 Å². The van der Waals surface area contributed by atoms with Crippen molar-refractivity contribution in [2.24, 2.45) is 0 Å². The molecule has 3 nitrogen and oxygen atoms in total. The summed E-state index contributed by atoms with van der Waals surface area (Å²) >= 11 is 19.1. The van der Waals surface area contributed by atoms with Gasteiger partial charge in [0, 0.05) is 21.6 Å². The molecule has 31 heavy (non-hydrogen) atoms. The zero-order valence-corrected chi connectivity index (χ0v) is 19.6. The van der Waals surface area contributed by atoms with Crippen LogP contribution in [0, 0.1) is 13.8 Å². The molecule has 1 amide bonds. The zero-order chi connectivity index (χ0) is 22.8. The molecule has 2 aromatic carbocycles. The molecule has 0 atom stereocenters. The first-order chi connectivity index (χ1) is 14.6. The monoisotopic (exact) mass is 500 g/mol. The van der Waals surface area contributed by atoms with E-state index in [-0.39, 0.29) is 16.3 Å². The molecule has 0 radical (unpaired) electrons. The summed E-state index contributed by atoms with van der Waals surface area (Å²) in [5.74, 6) is -3.92. The number of carbonyl (C=O) groups excluding carboxylic acids is 1. The number of nitrogens with zero attached hydrogens (tertiary/aromatic N) is 1. The van der Waals surface area contributed by atoms with E-state index >= 15 is 0 Å². The number of hydrogen-bond acceptors (Lipinski definition) is 3. The van der Waals surface area contributed by atoms with Crippen LogP contribution in [-0.4, -0.2) is 17.4 Å². The maximum Gasteiger partial charge on any atom is 0.290 e. The topological polar surface area (TPSA) is 42.0 Å². The minimum absolute atomic E-state index is 0.0739. The molecule has 0 unspecified atom stereocenters. The van der Waals surface area contributed by atoms with Crippen molar-refractivity contribution < 1.29 is 13.6 Å². The molecule has 3 aromatic rings. The normalized spacial score (nSPS) is 11.5. The molecule has 1 N–H and O–H groups in total. The molecule has 0 fully saturated rings. The summed E-state index contributed by atoms with van der Waals surface area (Å²) in [6.45, 7) is 2.59. The highest BCUT2D eigenvalue weighted by Crippen LogP contribution is 2.35. The maximum absolute atomic E-state index is 14.7. The van der Waals surface area contributed by atoms with Crippen molar-refractivity contribution in [2.45, 2.75) is 29.6 Å². The summed E-state index contributed by atoms with van der Waals surface area (Å²) in [7, 11) is 0. The highest BCUT2D eigenvalue weighted by Gasteiger charge is 2.34. The molecule has 0 aliphatic rings. The molecular formula is C22H17Cl3F2N2OS. The van der Waals surface area contributed by atoms with Gasteiger partial charge >= 0.3 is 0 Å². The van der Waals surface area contributed by atoms with Gasteiger partial charge in [-0.1, -0.05) is 70.3 Å². The number of halogens is 5. The number of hydrogen-bond donors (Lipinski definition) is 1. The second kappa shape index (κ2) is 9.74. The lowest BCUT2D eigenvalue weighted by atomic mass is 10.00. The quantitative estimate of drug-likeness (QED) is 0.360. The van der Waals surface area contributed by atoms with Crippen LogP contribution >= 0.6 is 46.6 Å². The van der Waals surface area contributed by atoms with Crippen LogP contribution in [0.4, 0.5) is 8.78 Å². The number of nitrogens with one attached hydrogen (secondary N) is 1. The van der Waals surface area contributed by atoms with Crippen molar-refractivity contribution in [3.63, 3.8) is 0 Å². The second-order valence-corrected chi connectivity index (χ2v) is 9.20. The van der Waals surface area contributed by atoms with Crippen molar-refractivity contribution in [3.05, 3.63) is 86.1 Å². The van der Waals surface area contributed by atoms with E-state index in [1.165, 1.54) is 30.1 Å². The third-order valence-electron chi connectivity index (χ3n) is 4.44. The predicted molar refractivity (Wildman–Crippen MR) is 122 cm³/mol. The Morgan fingerprint density at radius 1 is 1.06 bits per heavy atom. The van der Waals surface area contributed by atoms with Crippen LogP contribution in [0.2, 0.25) is 15.2 Å². The summed E-state index contributed by atoms with van der Waals surface area (Å²) in [6.07, 6.45) is 1.41. The lowest BCUT2D eigenvalue weighted by Gasteiger charge is -2.20. The number of aryl methyl sites for hydroxylation is 2. The van der Waals surface area contributed by atoms with Gasteiger partial charge in [-0.15, -0.1) is 0 Å². The number of aromatic nitrogens is 1. The summed E-state index contributed by atoms with van der Waals surface area (Å²) in [5.41, 5.74) is 1.35. The molecule has 1 heterocycles. The standard InChI is InChI=1S/C22H17Cl3F2N2OS/c1-12-3-5-16(13(2)7-12)22(26,27)11-29-21(30)15-9-20(25)28-10-19(15)31-14-4-6-17(23)18(24)8-14/h3-10H,11H2,1-2H3,(H,29,30). The van der Waals surface area contributed by atoms with Crippen molar-refractivity contribution >= 4 is 52.5 Å². The Bertz CT molecular complexity index is 1140. The molecule has 0 spiro atoms. The molecule has 162 valence electrons. The van der Waals surface area contributed by atoms with Crippen molar-refractivity contribution in [1.29, 1.82) is 0 Å². The van der Waals surface area contributed by atoms with Crippen LogP contribution in [0.15, 0.2) is 58.5 Å². The van der Waals surface area contributed by atoms with Crippen LogP contribution in [0.1, 0.15) is 27.0 Å². The first kappa shape index (κ1) is 23.8. The number of rotatable bonds is 6. The highest BCUT2D eigenvalue weighted by molar-refractivity contribution is 7.99. The number of alkyl halides is 2. The van der Waals surface area contributed by atoms with E-state index in [0.29, 0.717) is 25.4 Å². The van der Waals surface area contributed by atoms with Gasteiger partial charge in [0.05, 0.1) is 22.2 Å². The Morgan fingerprint density at radius 3 is 2.48 bits per heavy atom. The fourth-order valence-electron chi connectivity index (χ4n) is 2.95. The van der Waals surface area contributed by atoms with Crippen molar-refractivity contribution in [3.8, 4) is 0 Å². The van der Waals surface area contributed by atoms with Gasteiger partial charge in [0.15, 0.2) is 0 Å². The fourth-order valence-corrected chi connectivity index (χ4v) is 4.40. The summed E-state index contributed by atoms with van der Waals surface area (Å²) in [5, 5.41) is 3.14. The van der Waals surface area contributed by atoms with Crippen LogP contribution in [0.25, 0.3) is 0 Å². The van der Waals surface area contributed by atoms with Gasteiger partial charge in [-0.3, -0.25) is 4.79 Å². The molecule has 0 aliphatic heterocycles. The van der Waals surface area contributed by atoms with Gasteiger partial charge in [0.1, 0.15) is 5.15 Å². The van der Waals surface area contributed by atoms with Gasteiger partial charge in [0.2, 0.25) is 0 Å². The second-order valence-electron chi connectivity index (χ2n) is 6.89. The largest absolute Gasteiger partial charge is 0.346 e. The van der Waals surface area contributed by atoms with Gasteiger partial charge in [-0.05, 0) is 43.7 Å². The molecule has 0 saturated heterocycles.